The van der Waals surface area contributed by atoms with E-state index in [9.17, 15) is 15.3 Å². The number of ether oxygens (including phenoxy) is 2. The molecule has 1 aromatic carbocycles. The van der Waals surface area contributed by atoms with Crippen molar-refractivity contribution in [3.05, 3.63) is 23.8 Å². The number of rotatable bonds is 0. The van der Waals surface area contributed by atoms with Gasteiger partial charge in [0, 0.05) is 0 Å². The molecule has 1 aliphatic rings. The second-order valence-electron chi connectivity index (χ2n) is 3.46. The van der Waals surface area contributed by atoms with Crippen LogP contribution in [0.2, 0.25) is 0 Å². The van der Waals surface area contributed by atoms with Gasteiger partial charge in [0.05, 0.1) is 0 Å². The Bertz CT molecular complexity index is 401. The maximum atomic E-state index is 9.35. The van der Waals surface area contributed by atoms with E-state index in [0.717, 1.165) is 5.56 Å². The number of hydrogen-bond donors (Lipinski definition) is 4. The zero-order valence-electron chi connectivity index (χ0n) is 7.97. The third-order valence-corrected chi connectivity index (χ3v) is 2.08. The fourth-order valence-corrected chi connectivity index (χ4v) is 1.24. The molecule has 0 aromatic heterocycles. The summed E-state index contributed by atoms with van der Waals surface area (Å²) in [4.78, 5) is 0. The van der Waals surface area contributed by atoms with Crippen LogP contribution in [-0.4, -0.2) is 27.2 Å². The van der Waals surface area contributed by atoms with Crippen LogP contribution < -0.4 is 15.2 Å². The van der Waals surface area contributed by atoms with Crippen LogP contribution in [0.15, 0.2) is 18.2 Å². The highest BCUT2D eigenvalue weighted by Crippen LogP contribution is 2.38. The predicted octanol–water partition coefficient (Wildman–Crippen LogP) is -0.991. The molecule has 6 heteroatoms. The van der Waals surface area contributed by atoms with Crippen molar-refractivity contribution in [2.75, 3.05) is 0 Å². The molecule has 1 heterocycles. The SMILES string of the molecule is Cc1ccc2c(c1)OC(O)(O)C(N)(O)O2. The molecular weight excluding hydrogens is 202 g/mol. The van der Waals surface area contributed by atoms with Gasteiger partial charge in [-0.15, -0.1) is 0 Å². The van der Waals surface area contributed by atoms with E-state index >= 15 is 0 Å². The summed E-state index contributed by atoms with van der Waals surface area (Å²) in [6, 6.07) is 4.75. The van der Waals surface area contributed by atoms with Gasteiger partial charge in [-0.2, -0.15) is 0 Å². The monoisotopic (exact) mass is 213 g/mol. The van der Waals surface area contributed by atoms with Gasteiger partial charge in [-0.1, -0.05) is 6.07 Å². The topological polar surface area (TPSA) is 105 Å². The Labute approximate surface area is 85.5 Å². The first kappa shape index (κ1) is 10.2. The number of benzene rings is 1. The first-order valence-corrected chi connectivity index (χ1v) is 4.26. The summed E-state index contributed by atoms with van der Waals surface area (Å²) in [6.07, 6.45) is 0. The van der Waals surface area contributed by atoms with E-state index in [-0.39, 0.29) is 11.5 Å². The van der Waals surface area contributed by atoms with Crippen LogP contribution in [0.25, 0.3) is 0 Å². The van der Waals surface area contributed by atoms with Crippen molar-refractivity contribution >= 4 is 0 Å². The Balaban J connectivity index is 2.47. The Morgan fingerprint density at radius 2 is 1.80 bits per heavy atom. The van der Waals surface area contributed by atoms with E-state index in [1.54, 1.807) is 13.0 Å². The second kappa shape index (κ2) is 2.83. The molecule has 2 rings (SSSR count). The van der Waals surface area contributed by atoms with Gasteiger partial charge in [-0.3, -0.25) is 5.73 Å². The highest BCUT2D eigenvalue weighted by molar-refractivity contribution is 5.44. The fraction of sp³-hybridized carbons (Fsp3) is 0.333. The zero-order valence-corrected chi connectivity index (χ0v) is 7.97. The quantitative estimate of drug-likeness (QED) is 0.412. The molecule has 1 aliphatic heterocycles. The summed E-state index contributed by atoms with van der Waals surface area (Å²) in [5.41, 5.74) is 5.96. The molecule has 5 N–H and O–H groups in total. The zero-order chi connectivity index (χ0) is 11.3. The summed E-state index contributed by atoms with van der Waals surface area (Å²) >= 11 is 0. The number of aliphatic hydroxyl groups is 3. The Morgan fingerprint density at radius 3 is 2.47 bits per heavy atom. The van der Waals surface area contributed by atoms with Gasteiger partial charge in [-0.25, -0.2) is 0 Å². The summed E-state index contributed by atoms with van der Waals surface area (Å²) in [5.74, 6) is -5.43. The van der Waals surface area contributed by atoms with Crippen molar-refractivity contribution in [1.82, 2.24) is 0 Å². The molecule has 0 fully saturated rings. The molecule has 0 saturated carbocycles. The number of hydrogen-bond acceptors (Lipinski definition) is 6. The van der Waals surface area contributed by atoms with Crippen LogP contribution in [-0.2, 0) is 0 Å². The molecule has 0 spiro atoms. The molecule has 15 heavy (non-hydrogen) atoms. The lowest BCUT2D eigenvalue weighted by atomic mass is 10.2. The lowest BCUT2D eigenvalue weighted by molar-refractivity contribution is -0.432. The van der Waals surface area contributed by atoms with Crippen LogP contribution in [0.1, 0.15) is 5.56 Å². The van der Waals surface area contributed by atoms with E-state index in [0.29, 0.717) is 0 Å². The predicted molar refractivity (Wildman–Crippen MR) is 48.7 cm³/mol. The van der Waals surface area contributed by atoms with Crippen molar-refractivity contribution in [3.63, 3.8) is 0 Å². The summed E-state index contributed by atoms with van der Waals surface area (Å²) in [6.45, 7) is 1.79. The molecule has 0 amide bonds. The first-order valence-electron chi connectivity index (χ1n) is 4.26. The van der Waals surface area contributed by atoms with Gasteiger partial charge in [0.2, 0.25) is 0 Å². The third-order valence-electron chi connectivity index (χ3n) is 2.08. The molecular formula is C9H11NO5. The maximum Gasteiger partial charge on any atom is 0.408 e. The molecule has 1 unspecified atom stereocenters. The van der Waals surface area contributed by atoms with Crippen LogP contribution in [0, 0.1) is 6.92 Å². The van der Waals surface area contributed by atoms with E-state index in [1.807, 2.05) is 0 Å². The standard InChI is InChI=1S/C9H11NO5/c1-5-2-3-6-7(4-5)15-9(12,13)8(10,11)14-6/h2-4,11-13H,10H2,1H3. The molecule has 82 valence electrons. The maximum absolute atomic E-state index is 9.35. The third kappa shape index (κ3) is 1.53. The van der Waals surface area contributed by atoms with Gasteiger partial charge in [0.25, 0.3) is 0 Å². The highest BCUT2D eigenvalue weighted by Gasteiger charge is 2.55. The minimum Gasteiger partial charge on any atom is -0.438 e. The minimum atomic E-state index is -2.98. The van der Waals surface area contributed by atoms with E-state index in [4.69, 9.17) is 15.2 Å². The minimum absolute atomic E-state index is 0.107. The lowest BCUT2D eigenvalue weighted by Gasteiger charge is -2.39. The van der Waals surface area contributed by atoms with E-state index in [2.05, 4.69) is 0 Å². The van der Waals surface area contributed by atoms with E-state index in [1.165, 1.54) is 12.1 Å². The van der Waals surface area contributed by atoms with Gasteiger partial charge >= 0.3 is 11.9 Å². The average Bonchev–Trinajstić information content (AvgIpc) is 2.07. The Hall–Kier alpha value is -1.34. The largest absolute Gasteiger partial charge is 0.438 e. The van der Waals surface area contributed by atoms with Crippen molar-refractivity contribution < 1.29 is 24.8 Å². The van der Waals surface area contributed by atoms with Crippen molar-refractivity contribution in [3.8, 4) is 11.5 Å². The Kier molecular flexibility index (Phi) is 1.92. The summed E-state index contributed by atoms with van der Waals surface area (Å²) in [7, 11) is 0. The molecule has 1 aromatic rings. The molecule has 0 saturated heterocycles. The highest BCUT2D eigenvalue weighted by atomic mass is 16.8. The van der Waals surface area contributed by atoms with Gasteiger partial charge < -0.3 is 24.8 Å². The molecule has 0 bridgehead atoms. The smallest absolute Gasteiger partial charge is 0.408 e. The molecule has 6 nitrogen and oxygen atoms in total. The Morgan fingerprint density at radius 1 is 1.13 bits per heavy atom. The normalized spacial score (nSPS) is 27.5. The van der Waals surface area contributed by atoms with Crippen LogP contribution >= 0.6 is 0 Å². The lowest BCUT2D eigenvalue weighted by Crippen LogP contribution is -2.69. The van der Waals surface area contributed by atoms with Gasteiger partial charge in [-0.05, 0) is 24.6 Å². The number of aryl methyl sites for hydroxylation is 1. The first-order chi connectivity index (χ1) is 6.82. The number of nitrogens with two attached hydrogens (primary N) is 1. The molecule has 0 aliphatic carbocycles. The van der Waals surface area contributed by atoms with Gasteiger partial charge in [0.15, 0.2) is 11.5 Å². The van der Waals surface area contributed by atoms with Gasteiger partial charge in [0.1, 0.15) is 0 Å². The molecule has 0 radical (unpaired) electrons. The average molecular weight is 213 g/mol. The fourth-order valence-electron chi connectivity index (χ4n) is 1.24. The van der Waals surface area contributed by atoms with Crippen LogP contribution in [0.3, 0.4) is 0 Å². The van der Waals surface area contributed by atoms with E-state index < -0.39 is 11.9 Å². The van der Waals surface area contributed by atoms with Crippen molar-refractivity contribution in [2.45, 2.75) is 18.8 Å². The summed E-state index contributed by atoms with van der Waals surface area (Å²) in [5, 5.41) is 27.9. The van der Waals surface area contributed by atoms with Crippen molar-refractivity contribution in [2.24, 2.45) is 5.73 Å². The van der Waals surface area contributed by atoms with Crippen LogP contribution in [0.5, 0.6) is 11.5 Å². The number of fused-ring (bicyclic) bond motifs is 1. The summed E-state index contributed by atoms with van der Waals surface area (Å²) < 4.78 is 9.52. The van der Waals surface area contributed by atoms with Crippen LogP contribution in [0.4, 0.5) is 0 Å². The second-order valence-corrected chi connectivity index (χ2v) is 3.46. The van der Waals surface area contributed by atoms with Crippen molar-refractivity contribution in [1.29, 1.82) is 0 Å². The molecule has 1 atom stereocenters.